The first-order chi connectivity index (χ1) is 9.26. The van der Waals surface area contributed by atoms with Gasteiger partial charge in [-0.3, -0.25) is 0 Å². The minimum atomic E-state index is 0.680. The Morgan fingerprint density at radius 3 is 2.79 bits per heavy atom. The van der Waals surface area contributed by atoms with E-state index in [2.05, 4.69) is 22.3 Å². The summed E-state index contributed by atoms with van der Waals surface area (Å²) in [4.78, 5) is 8.43. The molecule has 19 heavy (non-hydrogen) atoms. The Morgan fingerprint density at radius 1 is 1.32 bits per heavy atom. The molecule has 0 aliphatic heterocycles. The first-order valence-corrected chi connectivity index (χ1v) is 7.29. The largest absolute Gasteiger partial charge is 0.308 e. The summed E-state index contributed by atoms with van der Waals surface area (Å²) in [7, 11) is 0. The summed E-state index contributed by atoms with van der Waals surface area (Å²) in [5.74, 6) is 6.91. The van der Waals surface area contributed by atoms with E-state index >= 15 is 0 Å². The molecule has 0 bridgehead atoms. The highest BCUT2D eigenvalue weighted by atomic mass is 35.5. The standard InChI is InChI=1S/C13H15ClN4S/c1-2-10-12(18-15)16-8-17-13(10)19-7-9-5-3-4-6-11(9)14/h3-6,8H,2,7,15H2,1H3,(H,16,17,18). The van der Waals surface area contributed by atoms with Crippen LogP contribution in [0.4, 0.5) is 5.82 Å². The van der Waals surface area contributed by atoms with E-state index in [1.165, 1.54) is 6.33 Å². The molecule has 3 N–H and O–H groups in total. The van der Waals surface area contributed by atoms with Gasteiger partial charge in [-0.15, -0.1) is 11.8 Å². The number of anilines is 1. The fourth-order valence-electron chi connectivity index (χ4n) is 1.73. The summed E-state index contributed by atoms with van der Waals surface area (Å²) in [5, 5.41) is 1.71. The third-order valence-corrected chi connectivity index (χ3v) is 4.17. The normalized spacial score (nSPS) is 10.5. The van der Waals surface area contributed by atoms with Gasteiger partial charge in [0.15, 0.2) is 0 Å². The van der Waals surface area contributed by atoms with Crippen molar-refractivity contribution in [3.63, 3.8) is 0 Å². The molecule has 2 rings (SSSR count). The Labute approximate surface area is 121 Å². The molecule has 100 valence electrons. The number of aromatic nitrogens is 2. The molecule has 0 unspecified atom stereocenters. The lowest BCUT2D eigenvalue weighted by atomic mass is 10.2. The van der Waals surface area contributed by atoms with E-state index in [0.29, 0.717) is 5.82 Å². The van der Waals surface area contributed by atoms with Crippen LogP contribution in [0.1, 0.15) is 18.1 Å². The van der Waals surface area contributed by atoms with Crippen molar-refractivity contribution in [2.45, 2.75) is 24.1 Å². The Bertz CT molecular complexity index is 562. The number of nitrogen functional groups attached to an aromatic ring is 1. The van der Waals surface area contributed by atoms with Crippen molar-refractivity contribution in [3.8, 4) is 0 Å². The number of nitrogens with two attached hydrogens (primary N) is 1. The maximum atomic E-state index is 6.14. The van der Waals surface area contributed by atoms with Gasteiger partial charge in [-0.25, -0.2) is 15.8 Å². The maximum Gasteiger partial charge on any atom is 0.147 e. The molecule has 1 aromatic heterocycles. The van der Waals surface area contributed by atoms with Crippen molar-refractivity contribution in [1.29, 1.82) is 0 Å². The molecule has 0 atom stereocenters. The first kappa shape index (κ1) is 14.1. The molecule has 1 heterocycles. The highest BCUT2D eigenvalue weighted by Gasteiger charge is 2.10. The molecular formula is C13H15ClN4S. The lowest BCUT2D eigenvalue weighted by Crippen LogP contribution is -2.12. The van der Waals surface area contributed by atoms with Crippen molar-refractivity contribution in [2.24, 2.45) is 5.84 Å². The molecule has 0 spiro atoms. The van der Waals surface area contributed by atoms with Crippen molar-refractivity contribution >= 4 is 29.2 Å². The van der Waals surface area contributed by atoms with Gasteiger partial charge in [-0.05, 0) is 18.1 Å². The van der Waals surface area contributed by atoms with E-state index in [1.54, 1.807) is 11.8 Å². The van der Waals surface area contributed by atoms with Gasteiger partial charge in [0.2, 0.25) is 0 Å². The van der Waals surface area contributed by atoms with Crippen LogP contribution in [-0.4, -0.2) is 9.97 Å². The Balaban J connectivity index is 2.18. The van der Waals surface area contributed by atoms with Gasteiger partial charge in [0.25, 0.3) is 0 Å². The van der Waals surface area contributed by atoms with Crippen LogP contribution < -0.4 is 11.3 Å². The minimum absolute atomic E-state index is 0.680. The number of hydrogen-bond donors (Lipinski definition) is 2. The van der Waals surface area contributed by atoms with Crippen molar-refractivity contribution in [2.75, 3.05) is 5.43 Å². The van der Waals surface area contributed by atoms with Crippen LogP contribution in [0.3, 0.4) is 0 Å². The van der Waals surface area contributed by atoms with Crippen molar-refractivity contribution in [3.05, 3.63) is 46.7 Å². The lowest BCUT2D eigenvalue weighted by molar-refractivity contribution is 0.940. The number of rotatable bonds is 5. The molecule has 0 radical (unpaired) electrons. The van der Waals surface area contributed by atoms with Crippen LogP contribution in [0.5, 0.6) is 0 Å². The highest BCUT2D eigenvalue weighted by Crippen LogP contribution is 2.29. The van der Waals surface area contributed by atoms with E-state index in [9.17, 15) is 0 Å². The van der Waals surface area contributed by atoms with Gasteiger partial charge in [0.1, 0.15) is 17.2 Å². The molecule has 0 amide bonds. The molecule has 0 saturated carbocycles. The topological polar surface area (TPSA) is 63.8 Å². The molecule has 0 aliphatic carbocycles. The number of nitrogens with zero attached hydrogens (tertiary/aromatic N) is 2. The molecule has 4 nitrogen and oxygen atoms in total. The molecular weight excluding hydrogens is 280 g/mol. The molecule has 0 aliphatic rings. The second kappa shape index (κ2) is 6.75. The van der Waals surface area contributed by atoms with Crippen molar-refractivity contribution < 1.29 is 0 Å². The molecule has 1 aromatic carbocycles. The molecule has 0 saturated heterocycles. The monoisotopic (exact) mass is 294 g/mol. The third kappa shape index (κ3) is 3.37. The van der Waals surface area contributed by atoms with Gasteiger partial charge in [0.05, 0.1) is 0 Å². The van der Waals surface area contributed by atoms with E-state index < -0.39 is 0 Å². The second-order valence-corrected chi connectivity index (χ2v) is 5.26. The SMILES string of the molecule is CCc1c(NN)ncnc1SCc1ccccc1Cl. The summed E-state index contributed by atoms with van der Waals surface area (Å²) in [6.07, 6.45) is 2.34. The van der Waals surface area contributed by atoms with E-state index in [-0.39, 0.29) is 0 Å². The van der Waals surface area contributed by atoms with Crippen LogP contribution in [-0.2, 0) is 12.2 Å². The van der Waals surface area contributed by atoms with E-state index in [1.807, 2.05) is 24.3 Å². The number of halogens is 1. The smallest absolute Gasteiger partial charge is 0.147 e. The third-order valence-electron chi connectivity index (χ3n) is 2.72. The number of thioether (sulfide) groups is 1. The average Bonchev–Trinajstić information content (AvgIpc) is 2.45. The zero-order valence-electron chi connectivity index (χ0n) is 10.6. The highest BCUT2D eigenvalue weighted by molar-refractivity contribution is 7.98. The molecule has 6 heteroatoms. The van der Waals surface area contributed by atoms with Crippen LogP contribution in [0, 0.1) is 0 Å². The second-order valence-electron chi connectivity index (χ2n) is 3.88. The summed E-state index contributed by atoms with van der Waals surface area (Å²) in [5.41, 5.74) is 4.73. The molecule has 2 aromatic rings. The lowest BCUT2D eigenvalue weighted by Gasteiger charge is -2.10. The molecule has 0 fully saturated rings. The number of hydrazine groups is 1. The number of nitrogens with one attached hydrogen (secondary N) is 1. The number of hydrogen-bond acceptors (Lipinski definition) is 5. The summed E-state index contributed by atoms with van der Waals surface area (Å²) < 4.78 is 0. The summed E-state index contributed by atoms with van der Waals surface area (Å²) in [6, 6.07) is 7.82. The van der Waals surface area contributed by atoms with Crippen LogP contribution in [0.2, 0.25) is 5.02 Å². The van der Waals surface area contributed by atoms with Gasteiger partial charge < -0.3 is 5.43 Å². The van der Waals surface area contributed by atoms with Crippen LogP contribution in [0.25, 0.3) is 0 Å². The summed E-state index contributed by atoms with van der Waals surface area (Å²) in [6.45, 7) is 2.05. The van der Waals surface area contributed by atoms with Crippen molar-refractivity contribution in [1.82, 2.24) is 9.97 Å². The summed E-state index contributed by atoms with van der Waals surface area (Å²) >= 11 is 7.78. The van der Waals surface area contributed by atoms with Crippen LogP contribution in [0.15, 0.2) is 35.6 Å². The zero-order valence-corrected chi connectivity index (χ0v) is 12.1. The van der Waals surface area contributed by atoms with Gasteiger partial charge >= 0.3 is 0 Å². The minimum Gasteiger partial charge on any atom is -0.308 e. The van der Waals surface area contributed by atoms with Gasteiger partial charge in [-0.1, -0.05) is 36.7 Å². The van der Waals surface area contributed by atoms with E-state index in [4.69, 9.17) is 17.4 Å². The predicted octanol–water partition coefficient (Wildman–Crippen LogP) is 3.27. The first-order valence-electron chi connectivity index (χ1n) is 5.93. The quantitative estimate of drug-likeness (QED) is 0.383. The number of benzene rings is 1. The Morgan fingerprint density at radius 2 is 2.11 bits per heavy atom. The van der Waals surface area contributed by atoms with E-state index in [0.717, 1.165) is 33.3 Å². The van der Waals surface area contributed by atoms with Crippen LogP contribution >= 0.6 is 23.4 Å². The fourth-order valence-corrected chi connectivity index (χ4v) is 3.09. The fraction of sp³-hybridized carbons (Fsp3) is 0.231. The predicted molar refractivity (Wildman–Crippen MR) is 80.2 cm³/mol. The zero-order chi connectivity index (χ0) is 13.7. The van der Waals surface area contributed by atoms with Gasteiger partial charge in [0, 0.05) is 16.3 Å². The Hall–Kier alpha value is -1.30. The maximum absolute atomic E-state index is 6.14. The Kier molecular flexibility index (Phi) is 5.01. The van der Waals surface area contributed by atoms with Gasteiger partial charge in [-0.2, -0.15) is 0 Å². The average molecular weight is 295 g/mol.